The summed E-state index contributed by atoms with van der Waals surface area (Å²) in [5.41, 5.74) is 6.14. The van der Waals surface area contributed by atoms with Gasteiger partial charge in [-0.25, -0.2) is 0 Å². The Labute approximate surface area is 149 Å². The number of hydrogen-bond donors (Lipinski definition) is 2. The third kappa shape index (κ3) is 4.51. The Hall–Kier alpha value is -2.08. The summed E-state index contributed by atoms with van der Waals surface area (Å²) in [6.07, 6.45) is 4.89. The third-order valence-electron chi connectivity index (χ3n) is 5.19. The second-order valence-electron chi connectivity index (χ2n) is 6.94. The van der Waals surface area contributed by atoms with E-state index in [1.54, 1.807) is 0 Å². The van der Waals surface area contributed by atoms with E-state index in [1.807, 2.05) is 30.3 Å². The van der Waals surface area contributed by atoms with Gasteiger partial charge in [0.25, 0.3) is 0 Å². The van der Waals surface area contributed by atoms with Crippen molar-refractivity contribution in [3.63, 3.8) is 0 Å². The minimum Gasteiger partial charge on any atom is -0.381 e. The van der Waals surface area contributed by atoms with Crippen molar-refractivity contribution in [2.45, 2.75) is 32.1 Å². The molecule has 6 nitrogen and oxygen atoms in total. The van der Waals surface area contributed by atoms with Crippen LogP contribution in [0.1, 0.15) is 32.1 Å². The van der Waals surface area contributed by atoms with Crippen LogP contribution in [0.5, 0.6) is 0 Å². The Morgan fingerprint density at radius 1 is 1.16 bits per heavy atom. The number of nitrogens with two attached hydrogens (primary N) is 1. The lowest BCUT2D eigenvalue weighted by molar-refractivity contribution is -0.132. The summed E-state index contributed by atoms with van der Waals surface area (Å²) in [7, 11) is 0. The zero-order chi connectivity index (χ0) is 17.5. The number of carbonyl (C=O) groups excluding carboxylic acids is 1. The third-order valence-corrected chi connectivity index (χ3v) is 5.19. The van der Waals surface area contributed by atoms with Crippen molar-refractivity contribution in [2.75, 3.05) is 38.2 Å². The molecule has 136 valence electrons. The molecule has 1 aromatic carbocycles. The number of ether oxygens (including phenoxy) is 1. The van der Waals surface area contributed by atoms with E-state index in [9.17, 15) is 4.79 Å². The van der Waals surface area contributed by atoms with Gasteiger partial charge >= 0.3 is 0 Å². The Morgan fingerprint density at radius 2 is 1.84 bits per heavy atom. The number of piperidine rings is 1. The molecule has 2 aliphatic heterocycles. The molecule has 0 spiro atoms. The van der Waals surface area contributed by atoms with Crippen molar-refractivity contribution >= 4 is 17.6 Å². The average molecular weight is 344 g/mol. The number of hydrogen-bond acceptors (Lipinski definition) is 3. The molecule has 1 amide bonds. The van der Waals surface area contributed by atoms with E-state index in [2.05, 4.69) is 10.2 Å². The molecule has 1 aromatic rings. The summed E-state index contributed by atoms with van der Waals surface area (Å²) in [6.45, 7) is 3.54. The van der Waals surface area contributed by atoms with Crippen LogP contribution in [0.4, 0.5) is 5.69 Å². The molecule has 3 N–H and O–H groups in total. The van der Waals surface area contributed by atoms with E-state index >= 15 is 0 Å². The second-order valence-corrected chi connectivity index (χ2v) is 6.94. The molecule has 6 heteroatoms. The van der Waals surface area contributed by atoms with Gasteiger partial charge in [-0.15, -0.1) is 0 Å². The van der Waals surface area contributed by atoms with Crippen molar-refractivity contribution in [3.05, 3.63) is 30.3 Å². The standard InChI is InChI=1S/C19H28N4O2/c20-17(24)19(9-13-25-14-10-19)15-21-18(23-11-5-2-6-12-23)22-16-7-3-1-4-8-16/h1,3-4,7-8H,2,5-6,9-15H2,(H2,20,24)(H,21,22). The molecule has 2 saturated heterocycles. The van der Waals surface area contributed by atoms with Gasteiger partial charge in [0.05, 0.1) is 12.0 Å². The lowest BCUT2D eigenvalue weighted by Crippen LogP contribution is -2.46. The van der Waals surface area contributed by atoms with Crippen molar-refractivity contribution in [1.29, 1.82) is 0 Å². The number of aliphatic imine (C=N–C) groups is 1. The van der Waals surface area contributed by atoms with Crippen LogP contribution in [0.2, 0.25) is 0 Å². The van der Waals surface area contributed by atoms with E-state index in [1.165, 1.54) is 19.3 Å². The number of likely N-dealkylation sites (tertiary alicyclic amines) is 1. The highest BCUT2D eigenvalue weighted by molar-refractivity contribution is 5.94. The molecule has 2 heterocycles. The van der Waals surface area contributed by atoms with Crippen molar-refractivity contribution < 1.29 is 9.53 Å². The number of carbonyl (C=O) groups is 1. The number of nitrogens with one attached hydrogen (secondary N) is 1. The number of primary amides is 1. The zero-order valence-electron chi connectivity index (χ0n) is 14.7. The smallest absolute Gasteiger partial charge is 0.225 e. The molecule has 0 aromatic heterocycles. The van der Waals surface area contributed by atoms with Crippen LogP contribution in [0.25, 0.3) is 0 Å². The molecule has 2 fully saturated rings. The first kappa shape index (κ1) is 17.7. The molecule has 0 atom stereocenters. The molecule has 3 rings (SSSR count). The van der Waals surface area contributed by atoms with Gasteiger partial charge in [-0.3, -0.25) is 9.79 Å². The minimum atomic E-state index is -0.586. The van der Waals surface area contributed by atoms with Gasteiger partial charge in [0.2, 0.25) is 5.91 Å². The second kappa shape index (κ2) is 8.34. The molecule has 0 saturated carbocycles. The fraction of sp³-hybridized carbons (Fsp3) is 0.579. The molecule has 0 unspecified atom stereocenters. The first-order valence-electron chi connectivity index (χ1n) is 9.19. The lowest BCUT2D eigenvalue weighted by Gasteiger charge is -2.34. The van der Waals surface area contributed by atoms with Crippen LogP contribution in [0.15, 0.2) is 35.3 Å². The van der Waals surface area contributed by atoms with Gasteiger partial charge < -0.3 is 20.7 Å². The minimum absolute atomic E-state index is 0.266. The Kier molecular flexibility index (Phi) is 5.91. The number of benzene rings is 1. The van der Waals surface area contributed by atoms with Crippen LogP contribution in [-0.2, 0) is 9.53 Å². The van der Waals surface area contributed by atoms with Crippen LogP contribution in [0.3, 0.4) is 0 Å². The number of guanidine groups is 1. The van der Waals surface area contributed by atoms with Gasteiger partial charge in [-0.2, -0.15) is 0 Å². The summed E-state index contributed by atoms with van der Waals surface area (Å²) in [5, 5.41) is 3.44. The van der Waals surface area contributed by atoms with Crippen molar-refractivity contribution in [3.8, 4) is 0 Å². The maximum absolute atomic E-state index is 12.1. The summed E-state index contributed by atoms with van der Waals surface area (Å²) in [5.74, 6) is 0.579. The molecule has 0 radical (unpaired) electrons. The van der Waals surface area contributed by atoms with E-state index < -0.39 is 5.41 Å². The van der Waals surface area contributed by atoms with Crippen LogP contribution in [0, 0.1) is 5.41 Å². The highest BCUT2D eigenvalue weighted by atomic mass is 16.5. The SMILES string of the molecule is NC(=O)C1(CN=C(Nc2ccccc2)N2CCCCC2)CCOCC1. The van der Waals surface area contributed by atoms with Gasteiger partial charge in [0, 0.05) is 32.0 Å². The average Bonchev–Trinajstić information content (AvgIpc) is 2.67. The molecule has 2 aliphatic rings. The predicted octanol–water partition coefficient (Wildman–Crippen LogP) is 2.22. The summed E-state index contributed by atoms with van der Waals surface area (Å²) >= 11 is 0. The Balaban J connectivity index is 1.79. The van der Waals surface area contributed by atoms with Gasteiger partial charge in [-0.05, 0) is 44.2 Å². The molecule has 0 aliphatic carbocycles. The summed E-state index contributed by atoms with van der Waals surface area (Å²) < 4.78 is 5.41. The summed E-state index contributed by atoms with van der Waals surface area (Å²) in [6, 6.07) is 10.0. The first-order valence-corrected chi connectivity index (χ1v) is 9.19. The van der Waals surface area contributed by atoms with Gasteiger partial charge in [0.15, 0.2) is 5.96 Å². The van der Waals surface area contributed by atoms with Gasteiger partial charge in [0.1, 0.15) is 0 Å². The van der Waals surface area contributed by atoms with Crippen molar-refractivity contribution in [2.24, 2.45) is 16.1 Å². The first-order chi connectivity index (χ1) is 12.2. The zero-order valence-corrected chi connectivity index (χ0v) is 14.7. The lowest BCUT2D eigenvalue weighted by atomic mass is 9.79. The topological polar surface area (TPSA) is 80.0 Å². The largest absolute Gasteiger partial charge is 0.381 e. The highest BCUT2D eigenvalue weighted by Crippen LogP contribution is 2.30. The summed E-state index contributed by atoms with van der Waals surface area (Å²) in [4.78, 5) is 19.2. The number of amides is 1. The molecular weight excluding hydrogens is 316 g/mol. The van der Waals surface area contributed by atoms with Crippen molar-refractivity contribution in [1.82, 2.24) is 4.90 Å². The van der Waals surface area contributed by atoms with E-state index in [0.717, 1.165) is 24.7 Å². The van der Waals surface area contributed by atoms with E-state index in [-0.39, 0.29) is 5.91 Å². The highest BCUT2D eigenvalue weighted by Gasteiger charge is 2.38. The Morgan fingerprint density at radius 3 is 2.48 bits per heavy atom. The normalized spacial score (nSPS) is 21.0. The number of nitrogens with zero attached hydrogens (tertiary/aromatic N) is 2. The molecule has 0 bridgehead atoms. The molecule has 25 heavy (non-hydrogen) atoms. The number of anilines is 1. The maximum Gasteiger partial charge on any atom is 0.225 e. The maximum atomic E-state index is 12.1. The fourth-order valence-electron chi connectivity index (χ4n) is 3.45. The van der Waals surface area contributed by atoms with E-state index in [4.69, 9.17) is 15.5 Å². The van der Waals surface area contributed by atoms with Gasteiger partial charge in [-0.1, -0.05) is 18.2 Å². The fourth-order valence-corrected chi connectivity index (χ4v) is 3.45. The van der Waals surface area contributed by atoms with E-state index in [0.29, 0.717) is 32.6 Å². The number of para-hydroxylation sites is 1. The van der Waals surface area contributed by atoms with Crippen LogP contribution in [-0.4, -0.2) is 49.6 Å². The van der Waals surface area contributed by atoms with Crippen LogP contribution >= 0.6 is 0 Å². The monoisotopic (exact) mass is 344 g/mol. The quantitative estimate of drug-likeness (QED) is 0.648. The number of rotatable bonds is 4. The predicted molar refractivity (Wildman–Crippen MR) is 99.5 cm³/mol. The Bertz CT molecular complexity index is 591. The van der Waals surface area contributed by atoms with Crippen LogP contribution < -0.4 is 11.1 Å². The molecular formula is C19H28N4O2.